The Bertz CT molecular complexity index is 1100. The Balaban J connectivity index is 1.93. The number of aryl methyl sites for hydroxylation is 1. The molecule has 2 aromatic carbocycles. The van der Waals surface area contributed by atoms with Crippen molar-refractivity contribution in [3.8, 4) is 0 Å². The third-order valence-electron chi connectivity index (χ3n) is 4.74. The molecule has 3 aromatic rings. The molecule has 6 nitrogen and oxygen atoms in total. The minimum absolute atomic E-state index is 0.0821. The summed E-state index contributed by atoms with van der Waals surface area (Å²) in [6.07, 6.45) is 1.49. The summed E-state index contributed by atoms with van der Waals surface area (Å²) >= 11 is 0. The van der Waals surface area contributed by atoms with Crippen LogP contribution in [0.2, 0.25) is 0 Å². The smallest absolute Gasteiger partial charge is 0.274 e. The molecule has 1 N–H and O–H groups in total. The predicted octanol–water partition coefficient (Wildman–Crippen LogP) is 3.27. The Morgan fingerprint density at radius 1 is 0.964 bits per heavy atom. The summed E-state index contributed by atoms with van der Waals surface area (Å²) in [4.78, 5) is 39.4. The molecule has 0 aliphatic heterocycles. The van der Waals surface area contributed by atoms with Crippen molar-refractivity contribution in [3.63, 3.8) is 0 Å². The second-order valence-electron chi connectivity index (χ2n) is 6.55. The third-order valence-corrected chi connectivity index (χ3v) is 4.74. The van der Waals surface area contributed by atoms with E-state index in [0.717, 1.165) is 10.8 Å². The molecule has 0 aliphatic rings. The van der Waals surface area contributed by atoms with Gasteiger partial charge in [-0.3, -0.25) is 14.4 Å². The van der Waals surface area contributed by atoms with Crippen molar-refractivity contribution in [2.24, 2.45) is 7.05 Å². The zero-order valence-corrected chi connectivity index (χ0v) is 16.2. The molecule has 28 heavy (non-hydrogen) atoms. The Morgan fingerprint density at radius 3 is 2.32 bits per heavy atom. The van der Waals surface area contributed by atoms with Crippen molar-refractivity contribution in [3.05, 3.63) is 76.2 Å². The molecule has 6 heteroatoms. The monoisotopic (exact) mass is 377 g/mol. The Kier molecular flexibility index (Phi) is 5.59. The highest BCUT2D eigenvalue weighted by Gasteiger charge is 2.17. The van der Waals surface area contributed by atoms with Gasteiger partial charge in [0.25, 0.3) is 17.4 Å². The number of nitrogens with zero attached hydrogens (tertiary/aromatic N) is 2. The summed E-state index contributed by atoms with van der Waals surface area (Å²) in [6.45, 7) is 4.92. The van der Waals surface area contributed by atoms with E-state index in [-0.39, 0.29) is 17.2 Å². The Morgan fingerprint density at radius 2 is 1.64 bits per heavy atom. The first kappa shape index (κ1) is 19.4. The average Bonchev–Trinajstić information content (AvgIpc) is 2.71. The first-order chi connectivity index (χ1) is 13.4. The van der Waals surface area contributed by atoms with Gasteiger partial charge in [0.15, 0.2) is 0 Å². The zero-order chi connectivity index (χ0) is 20.3. The first-order valence-electron chi connectivity index (χ1n) is 9.24. The summed E-state index contributed by atoms with van der Waals surface area (Å²) < 4.78 is 1.31. The number of nitrogens with one attached hydrogen (secondary N) is 1. The molecular weight excluding hydrogens is 354 g/mol. The summed E-state index contributed by atoms with van der Waals surface area (Å²) in [5.74, 6) is -0.572. The van der Waals surface area contributed by atoms with Crippen LogP contribution in [0.3, 0.4) is 0 Å². The van der Waals surface area contributed by atoms with E-state index in [1.807, 2.05) is 44.2 Å². The van der Waals surface area contributed by atoms with E-state index >= 15 is 0 Å². The average molecular weight is 377 g/mol. The maximum absolute atomic E-state index is 12.7. The van der Waals surface area contributed by atoms with E-state index in [4.69, 9.17) is 0 Å². The van der Waals surface area contributed by atoms with Gasteiger partial charge < -0.3 is 14.8 Å². The lowest BCUT2D eigenvalue weighted by atomic mass is 10.1. The number of amides is 2. The molecule has 0 fully saturated rings. The fourth-order valence-corrected chi connectivity index (χ4v) is 3.14. The fraction of sp³-hybridized carbons (Fsp3) is 0.227. The van der Waals surface area contributed by atoms with Gasteiger partial charge in [-0.25, -0.2) is 0 Å². The SMILES string of the molecule is CCN(CC)C(=O)c1cc(NC(=O)c2ccc3ccccc3c2)c(=O)n(C)c1. The minimum Gasteiger partial charge on any atom is -0.339 e. The van der Waals surface area contributed by atoms with Gasteiger partial charge in [0, 0.05) is 31.9 Å². The highest BCUT2D eigenvalue weighted by Crippen LogP contribution is 2.17. The second kappa shape index (κ2) is 8.08. The van der Waals surface area contributed by atoms with E-state index in [1.165, 1.54) is 16.8 Å². The van der Waals surface area contributed by atoms with Gasteiger partial charge in [0.2, 0.25) is 0 Å². The van der Waals surface area contributed by atoms with Gasteiger partial charge in [-0.2, -0.15) is 0 Å². The summed E-state index contributed by atoms with van der Waals surface area (Å²) in [5, 5.41) is 4.63. The molecule has 1 heterocycles. The van der Waals surface area contributed by atoms with Crippen LogP contribution >= 0.6 is 0 Å². The van der Waals surface area contributed by atoms with Crippen molar-refractivity contribution in [2.45, 2.75) is 13.8 Å². The maximum Gasteiger partial charge on any atom is 0.274 e. The largest absolute Gasteiger partial charge is 0.339 e. The fourth-order valence-electron chi connectivity index (χ4n) is 3.14. The Hall–Kier alpha value is -3.41. The number of carbonyl (C=O) groups is 2. The van der Waals surface area contributed by atoms with E-state index in [2.05, 4.69) is 5.32 Å². The van der Waals surface area contributed by atoms with Crippen molar-refractivity contribution >= 4 is 28.3 Å². The molecule has 3 rings (SSSR count). The molecule has 2 amide bonds. The number of pyridine rings is 1. The number of hydrogen-bond donors (Lipinski definition) is 1. The molecule has 144 valence electrons. The number of benzene rings is 2. The summed E-state index contributed by atoms with van der Waals surface area (Å²) in [6, 6.07) is 14.5. The lowest BCUT2D eigenvalue weighted by Crippen LogP contribution is -2.32. The van der Waals surface area contributed by atoms with Crippen LogP contribution in [0.4, 0.5) is 5.69 Å². The summed E-state index contributed by atoms with van der Waals surface area (Å²) in [5.41, 5.74) is 0.518. The van der Waals surface area contributed by atoms with Gasteiger partial charge in [0.05, 0.1) is 5.56 Å². The van der Waals surface area contributed by atoms with E-state index in [0.29, 0.717) is 24.2 Å². The highest BCUT2D eigenvalue weighted by atomic mass is 16.2. The summed E-state index contributed by atoms with van der Waals surface area (Å²) in [7, 11) is 1.56. The number of hydrogen-bond acceptors (Lipinski definition) is 3. The highest BCUT2D eigenvalue weighted by molar-refractivity contribution is 6.07. The number of rotatable bonds is 5. The molecule has 0 unspecified atom stereocenters. The molecule has 0 radical (unpaired) electrons. The number of carbonyl (C=O) groups excluding carboxylic acids is 2. The van der Waals surface area contributed by atoms with Crippen molar-refractivity contribution in [1.29, 1.82) is 0 Å². The standard InChI is InChI=1S/C22H23N3O3/c1-4-25(5-2)21(27)18-13-19(22(28)24(3)14-18)23-20(26)17-11-10-15-8-6-7-9-16(15)12-17/h6-14H,4-5H2,1-3H3,(H,23,26). The minimum atomic E-state index is -0.393. The molecule has 0 atom stereocenters. The van der Waals surface area contributed by atoms with Crippen molar-refractivity contribution < 1.29 is 9.59 Å². The molecule has 0 aliphatic carbocycles. The van der Waals surface area contributed by atoms with Crippen LogP contribution in [-0.2, 0) is 7.05 Å². The zero-order valence-electron chi connectivity index (χ0n) is 16.2. The molecule has 0 saturated carbocycles. The first-order valence-corrected chi connectivity index (χ1v) is 9.24. The van der Waals surface area contributed by atoms with Crippen LogP contribution in [0, 0.1) is 0 Å². The predicted molar refractivity (Wildman–Crippen MR) is 111 cm³/mol. The number of anilines is 1. The lowest BCUT2D eigenvalue weighted by Gasteiger charge is -2.19. The van der Waals surface area contributed by atoms with Crippen LogP contribution in [0.15, 0.2) is 59.5 Å². The van der Waals surface area contributed by atoms with Crippen LogP contribution in [0.25, 0.3) is 10.8 Å². The van der Waals surface area contributed by atoms with Gasteiger partial charge >= 0.3 is 0 Å². The van der Waals surface area contributed by atoms with Crippen LogP contribution in [-0.4, -0.2) is 34.4 Å². The maximum atomic E-state index is 12.7. The van der Waals surface area contributed by atoms with E-state index in [9.17, 15) is 14.4 Å². The normalized spacial score (nSPS) is 10.7. The molecule has 0 spiro atoms. The topological polar surface area (TPSA) is 71.4 Å². The van der Waals surface area contributed by atoms with Crippen molar-refractivity contribution in [1.82, 2.24) is 9.47 Å². The van der Waals surface area contributed by atoms with Crippen LogP contribution < -0.4 is 10.9 Å². The lowest BCUT2D eigenvalue weighted by molar-refractivity contribution is 0.0771. The van der Waals surface area contributed by atoms with Gasteiger partial charge in [-0.05, 0) is 42.8 Å². The van der Waals surface area contributed by atoms with E-state index < -0.39 is 5.91 Å². The van der Waals surface area contributed by atoms with E-state index in [1.54, 1.807) is 24.1 Å². The van der Waals surface area contributed by atoms with Crippen LogP contribution in [0.5, 0.6) is 0 Å². The molecule has 1 aromatic heterocycles. The molecule has 0 saturated heterocycles. The van der Waals surface area contributed by atoms with Crippen molar-refractivity contribution in [2.75, 3.05) is 18.4 Å². The molecule has 0 bridgehead atoms. The quantitative estimate of drug-likeness (QED) is 0.742. The second-order valence-corrected chi connectivity index (χ2v) is 6.55. The van der Waals surface area contributed by atoms with Crippen LogP contribution in [0.1, 0.15) is 34.6 Å². The van der Waals surface area contributed by atoms with Gasteiger partial charge in [-0.1, -0.05) is 30.3 Å². The number of fused-ring (bicyclic) bond motifs is 1. The number of aromatic nitrogens is 1. The molecular formula is C22H23N3O3. The van der Waals surface area contributed by atoms with Gasteiger partial charge in [0.1, 0.15) is 5.69 Å². The third kappa shape index (κ3) is 3.81. The Labute approximate surface area is 163 Å². The van der Waals surface area contributed by atoms with Gasteiger partial charge in [-0.15, -0.1) is 0 Å².